The van der Waals surface area contributed by atoms with Crippen LogP contribution in [0.3, 0.4) is 0 Å². The zero-order chi connectivity index (χ0) is 16.8. The zero-order valence-electron chi connectivity index (χ0n) is 12.2. The third kappa shape index (κ3) is 3.50. The molecule has 0 heterocycles. The fraction of sp³-hybridized carbons (Fsp3) is 0.0556. The molecule has 0 aliphatic rings. The van der Waals surface area contributed by atoms with Gasteiger partial charge in [0.1, 0.15) is 17.5 Å². The van der Waals surface area contributed by atoms with Crippen LogP contribution >= 0.6 is 0 Å². The summed E-state index contributed by atoms with van der Waals surface area (Å²) < 4.78 is 18.4. The second kappa shape index (κ2) is 7.14. The van der Waals surface area contributed by atoms with Gasteiger partial charge >= 0.3 is 5.97 Å². The number of methoxy groups -OCH3 is 1. The van der Waals surface area contributed by atoms with Gasteiger partial charge in [-0.25, -0.2) is 9.18 Å². The molecule has 0 fully saturated rings. The average molecular weight is 309 g/mol. The molecule has 0 saturated heterocycles. The molecule has 114 valence electrons. The van der Waals surface area contributed by atoms with Gasteiger partial charge in [-0.2, -0.15) is 5.26 Å². The van der Waals surface area contributed by atoms with Crippen molar-refractivity contribution in [1.29, 1.82) is 5.26 Å². The standard InChI is InChI=1S/C18H12FNO3/c1-23-18(22)14-7-3-2-6-12(14)10-13(11-20)17(21)15-8-4-5-9-16(15)19/h2-10H,1H3/b13-10+. The van der Waals surface area contributed by atoms with Gasteiger partial charge in [0.15, 0.2) is 0 Å². The highest BCUT2D eigenvalue weighted by Crippen LogP contribution is 2.18. The Balaban J connectivity index is 2.49. The van der Waals surface area contributed by atoms with E-state index in [1.807, 2.05) is 0 Å². The molecule has 0 aliphatic carbocycles. The van der Waals surface area contributed by atoms with Crippen LogP contribution in [0.1, 0.15) is 26.3 Å². The van der Waals surface area contributed by atoms with Crippen LogP contribution in [0.5, 0.6) is 0 Å². The molecule has 2 rings (SSSR count). The molecule has 0 N–H and O–H groups in total. The maximum atomic E-state index is 13.7. The van der Waals surface area contributed by atoms with E-state index in [-0.39, 0.29) is 16.7 Å². The number of ketones is 1. The molecule has 0 radical (unpaired) electrons. The van der Waals surface area contributed by atoms with Crippen LogP contribution in [-0.2, 0) is 4.74 Å². The van der Waals surface area contributed by atoms with Crippen LogP contribution in [0.2, 0.25) is 0 Å². The minimum absolute atomic E-state index is 0.198. The van der Waals surface area contributed by atoms with Gasteiger partial charge in [-0.1, -0.05) is 30.3 Å². The first kappa shape index (κ1) is 16.1. The molecule has 0 atom stereocenters. The van der Waals surface area contributed by atoms with Crippen molar-refractivity contribution in [2.75, 3.05) is 7.11 Å². The largest absolute Gasteiger partial charge is 0.465 e. The van der Waals surface area contributed by atoms with Crippen LogP contribution < -0.4 is 0 Å². The summed E-state index contributed by atoms with van der Waals surface area (Å²) in [7, 11) is 1.23. The van der Waals surface area contributed by atoms with Gasteiger partial charge in [0.2, 0.25) is 5.78 Å². The number of allylic oxidation sites excluding steroid dienone is 1. The van der Waals surface area contributed by atoms with Gasteiger partial charge in [-0.3, -0.25) is 4.79 Å². The van der Waals surface area contributed by atoms with Crippen molar-refractivity contribution in [3.05, 3.63) is 76.6 Å². The average Bonchev–Trinajstić information content (AvgIpc) is 2.59. The first-order valence-corrected chi connectivity index (χ1v) is 6.67. The number of hydrogen-bond donors (Lipinski definition) is 0. The summed E-state index contributed by atoms with van der Waals surface area (Å²) in [6.07, 6.45) is 1.25. The second-order valence-corrected chi connectivity index (χ2v) is 4.56. The Kier molecular flexibility index (Phi) is 5.00. The number of nitriles is 1. The van der Waals surface area contributed by atoms with Gasteiger partial charge in [0.05, 0.1) is 18.2 Å². The van der Waals surface area contributed by atoms with Crippen molar-refractivity contribution in [1.82, 2.24) is 0 Å². The quantitative estimate of drug-likeness (QED) is 0.376. The Hall–Kier alpha value is -3.26. The summed E-state index contributed by atoms with van der Waals surface area (Å²) in [5.74, 6) is -2.04. The predicted octanol–water partition coefficient (Wildman–Crippen LogP) is 3.40. The number of ether oxygens (including phenoxy) is 1. The SMILES string of the molecule is COC(=O)c1ccccc1/C=C(\C#N)C(=O)c1ccccc1F. The lowest BCUT2D eigenvalue weighted by molar-refractivity contribution is 0.0600. The number of esters is 1. The van der Waals surface area contributed by atoms with E-state index in [4.69, 9.17) is 0 Å². The van der Waals surface area contributed by atoms with Crippen LogP contribution in [0.25, 0.3) is 6.08 Å². The summed E-state index contributed by atoms with van der Waals surface area (Å²) in [6.45, 7) is 0. The van der Waals surface area contributed by atoms with E-state index >= 15 is 0 Å². The molecular weight excluding hydrogens is 297 g/mol. The molecule has 2 aromatic rings. The molecule has 0 unspecified atom stereocenters. The lowest BCUT2D eigenvalue weighted by atomic mass is 9.99. The van der Waals surface area contributed by atoms with E-state index in [0.29, 0.717) is 5.56 Å². The minimum atomic E-state index is -0.745. The van der Waals surface area contributed by atoms with Crippen molar-refractivity contribution in [3.8, 4) is 6.07 Å². The highest BCUT2D eigenvalue weighted by atomic mass is 19.1. The summed E-state index contributed by atoms with van der Waals surface area (Å²) in [6, 6.07) is 13.5. The molecule has 2 aromatic carbocycles. The summed E-state index contributed by atoms with van der Waals surface area (Å²) in [5, 5.41) is 9.22. The Morgan fingerprint density at radius 2 is 1.70 bits per heavy atom. The molecule has 0 amide bonds. The van der Waals surface area contributed by atoms with Crippen molar-refractivity contribution in [3.63, 3.8) is 0 Å². The highest BCUT2D eigenvalue weighted by molar-refractivity contribution is 6.14. The van der Waals surface area contributed by atoms with E-state index in [9.17, 15) is 19.2 Å². The molecule has 0 spiro atoms. The molecule has 0 bridgehead atoms. The van der Waals surface area contributed by atoms with E-state index in [1.54, 1.807) is 24.3 Å². The van der Waals surface area contributed by atoms with E-state index in [2.05, 4.69) is 4.74 Å². The number of Topliss-reactive ketones (excluding diaryl/α,β-unsaturated/α-hetero) is 1. The Morgan fingerprint density at radius 3 is 2.30 bits per heavy atom. The second-order valence-electron chi connectivity index (χ2n) is 4.56. The molecule has 5 heteroatoms. The van der Waals surface area contributed by atoms with Crippen LogP contribution in [0.15, 0.2) is 54.1 Å². The van der Waals surface area contributed by atoms with Crippen molar-refractivity contribution < 1.29 is 18.7 Å². The number of rotatable bonds is 4. The normalized spacial score (nSPS) is 10.7. The lowest BCUT2D eigenvalue weighted by Crippen LogP contribution is -2.07. The number of halogens is 1. The number of carbonyl (C=O) groups excluding carboxylic acids is 2. The maximum Gasteiger partial charge on any atom is 0.338 e. The van der Waals surface area contributed by atoms with Gasteiger partial charge in [-0.05, 0) is 29.8 Å². The summed E-state index contributed by atoms with van der Waals surface area (Å²) in [4.78, 5) is 24.0. The number of benzene rings is 2. The monoisotopic (exact) mass is 309 g/mol. The van der Waals surface area contributed by atoms with Crippen LogP contribution in [0.4, 0.5) is 4.39 Å². The maximum absolute atomic E-state index is 13.7. The fourth-order valence-electron chi connectivity index (χ4n) is 2.01. The van der Waals surface area contributed by atoms with E-state index in [0.717, 1.165) is 6.07 Å². The first-order valence-electron chi connectivity index (χ1n) is 6.67. The van der Waals surface area contributed by atoms with E-state index in [1.165, 1.54) is 37.5 Å². The minimum Gasteiger partial charge on any atom is -0.465 e. The molecular formula is C18H12FNO3. The fourth-order valence-corrected chi connectivity index (χ4v) is 2.01. The number of hydrogen-bond acceptors (Lipinski definition) is 4. The molecule has 0 aromatic heterocycles. The Labute approximate surface area is 132 Å². The van der Waals surface area contributed by atoms with Gasteiger partial charge in [0.25, 0.3) is 0 Å². The van der Waals surface area contributed by atoms with Crippen molar-refractivity contribution in [2.45, 2.75) is 0 Å². The smallest absolute Gasteiger partial charge is 0.338 e. The van der Waals surface area contributed by atoms with Gasteiger partial charge in [0, 0.05) is 0 Å². The Bertz CT molecular complexity index is 834. The highest BCUT2D eigenvalue weighted by Gasteiger charge is 2.17. The Morgan fingerprint density at radius 1 is 1.09 bits per heavy atom. The van der Waals surface area contributed by atoms with E-state index < -0.39 is 17.6 Å². The summed E-state index contributed by atoms with van der Waals surface area (Å²) >= 11 is 0. The predicted molar refractivity (Wildman–Crippen MR) is 82.1 cm³/mol. The number of carbonyl (C=O) groups is 2. The third-order valence-corrected chi connectivity index (χ3v) is 3.15. The molecule has 4 nitrogen and oxygen atoms in total. The third-order valence-electron chi connectivity index (χ3n) is 3.15. The van der Waals surface area contributed by atoms with Gasteiger partial charge < -0.3 is 4.74 Å². The molecule has 0 aliphatic heterocycles. The lowest BCUT2D eigenvalue weighted by Gasteiger charge is -2.05. The van der Waals surface area contributed by atoms with Crippen molar-refractivity contribution >= 4 is 17.8 Å². The van der Waals surface area contributed by atoms with Crippen LogP contribution in [-0.4, -0.2) is 18.9 Å². The summed E-state index contributed by atoms with van der Waals surface area (Å²) in [5.41, 5.74) is 0.0898. The van der Waals surface area contributed by atoms with Crippen LogP contribution in [0, 0.1) is 17.1 Å². The zero-order valence-corrected chi connectivity index (χ0v) is 12.2. The molecule has 23 heavy (non-hydrogen) atoms. The number of nitrogens with zero attached hydrogens (tertiary/aromatic N) is 1. The topological polar surface area (TPSA) is 67.2 Å². The van der Waals surface area contributed by atoms with Gasteiger partial charge in [-0.15, -0.1) is 0 Å². The molecule has 0 saturated carbocycles. The van der Waals surface area contributed by atoms with Crippen molar-refractivity contribution in [2.24, 2.45) is 0 Å². The first-order chi connectivity index (χ1) is 11.1.